The highest BCUT2D eigenvalue weighted by molar-refractivity contribution is 6.36. The molecule has 0 radical (unpaired) electrons. The number of carbonyl (C=O) groups is 2. The van der Waals surface area contributed by atoms with Crippen molar-refractivity contribution in [2.45, 2.75) is 32.9 Å². The Bertz CT molecular complexity index is 851. The fourth-order valence-corrected chi connectivity index (χ4v) is 2.62. The molecule has 0 aliphatic rings. The molecule has 0 spiro atoms. The molecule has 2 N–H and O–H groups in total. The molecule has 0 fully saturated rings. The molecule has 0 heterocycles. The smallest absolute Gasteiger partial charge is 0.329 e. The molecule has 0 bridgehead atoms. The van der Waals surface area contributed by atoms with E-state index in [0.29, 0.717) is 26.9 Å². The van der Waals surface area contributed by atoms with Gasteiger partial charge in [-0.15, -0.1) is 0 Å². The third-order valence-corrected chi connectivity index (χ3v) is 4.59. The van der Waals surface area contributed by atoms with E-state index in [1.165, 1.54) is 6.21 Å². The van der Waals surface area contributed by atoms with E-state index in [-0.39, 0.29) is 12.6 Å². The SMILES string of the molecule is CC[C@H](C)NC(=O)C(=O)N/N=C\c1cccc(OCc2c(Cl)cccc2Cl)c1. The summed E-state index contributed by atoms with van der Waals surface area (Å²) in [7, 11) is 0. The Morgan fingerprint density at radius 1 is 1.14 bits per heavy atom. The Kier molecular flexibility index (Phi) is 8.29. The van der Waals surface area contributed by atoms with Crippen molar-refractivity contribution in [1.29, 1.82) is 0 Å². The van der Waals surface area contributed by atoms with E-state index in [0.717, 1.165) is 6.42 Å². The number of hydrogen-bond donors (Lipinski definition) is 2. The van der Waals surface area contributed by atoms with Gasteiger partial charge < -0.3 is 10.1 Å². The number of carbonyl (C=O) groups excluding carboxylic acids is 2. The molecule has 2 aromatic carbocycles. The van der Waals surface area contributed by atoms with Gasteiger partial charge in [0, 0.05) is 21.7 Å². The third kappa shape index (κ3) is 6.55. The van der Waals surface area contributed by atoms with Crippen LogP contribution in [0.5, 0.6) is 5.75 Å². The highest BCUT2D eigenvalue weighted by atomic mass is 35.5. The Balaban J connectivity index is 1.93. The summed E-state index contributed by atoms with van der Waals surface area (Å²) in [5.74, 6) is -0.960. The monoisotopic (exact) mass is 421 g/mol. The van der Waals surface area contributed by atoms with Gasteiger partial charge in [0.2, 0.25) is 0 Å². The number of benzene rings is 2. The predicted octanol–water partition coefficient (Wildman–Crippen LogP) is 3.94. The summed E-state index contributed by atoms with van der Waals surface area (Å²) < 4.78 is 5.73. The van der Waals surface area contributed by atoms with Crippen LogP contribution < -0.4 is 15.5 Å². The van der Waals surface area contributed by atoms with Crippen LogP contribution in [0.25, 0.3) is 0 Å². The van der Waals surface area contributed by atoms with Gasteiger partial charge in [-0.3, -0.25) is 9.59 Å². The van der Waals surface area contributed by atoms with Crippen LogP contribution >= 0.6 is 23.2 Å². The first kappa shape index (κ1) is 21.7. The first-order valence-corrected chi connectivity index (χ1v) is 9.46. The molecule has 28 heavy (non-hydrogen) atoms. The molecule has 1 atom stereocenters. The van der Waals surface area contributed by atoms with Gasteiger partial charge >= 0.3 is 11.8 Å². The zero-order valence-corrected chi connectivity index (χ0v) is 17.1. The van der Waals surface area contributed by atoms with Crippen molar-refractivity contribution in [2.75, 3.05) is 0 Å². The molecule has 2 amide bonds. The van der Waals surface area contributed by atoms with Crippen LogP contribution in [0, 0.1) is 0 Å². The molecular formula is C20H21Cl2N3O3. The predicted molar refractivity (Wildman–Crippen MR) is 111 cm³/mol. The largest absolute Gasteiger partial charge is 0.489 e. The van der Waals surface area contributed by atoms with Crippen LogP contribution in [-0.4, -0.2) is 24.1 Å². The van der Waals surface area contributed by atoms with E-state index in [9.17, 15) is 9.59 Å². The molecule has 2 aromatic rings. The number of rotatable bonds is 7. The number of nitrogens with one attached hydrogen (secondary N) is 2. The number of hydrazone groups is 1. The van der Waals surface area contributed by atoms with E-state index < -0.39 is 11.8 Å². The van der Waals surface area contributed by atoms with E-state index in [2.05, 4.69) is 15.8 Å². The van der Waals surface area contributed by atoms with Gasteiger partial charge in [-0.25, -0.2) is 5.43 Å². The van der Waals surface area contributed by atoms with Gasteiger partial charge in [-0.2, -0.15) is 5.10 Å². The highest BCUT2D eigenvalue weighted by Gasteiger charge is 2.14. The molecule has 0 aliphatic heterocycles. The van der Waals surface area contributed by atoms with Crippen LogP contribution in [0.1, 0.15) is 31.4 Å². The second kappa shape index (κ2) is 10.7. The summed E-state index contributed by atoms with van der Waals surface area (Å²) in [6.45, 7) is 3.94. The van der Waals surface area contributed by atoms with Crippen molar-refractivity contribution in [3.8, 4) is 5.75 Å². The molecule has 0 saturated carbocycles. The topological polar surface area (TPSA) is 79.8 Å². The van der Waals surface area contributed by atoms with Gasteiger partial charge in [0.1, 0.15) is 12.4 Å². The third-order valence-electron chi connectivity index (χ3n) is 3.88. The summed E-state index contributed by atoms with van der Waals surface area (Å²) in [5.41, 5.74) is 3.58. The van der Waals surface area contributed by atoms with Gasteiger partial charge in [0.05, 0.1) is 6.21 Å². The summed E-state index contributed by atoms with van der Waals surface area (Å²) in [4.78, 5) is 23.3. The quantitative estimate of drug-likeness (QED) is 0.403. The minimum absolute atomic E-state index is 0.0809. The van der Waals surface area contributed by atoms with E-state index in [4.69, 9.17) is 27.9 Å². The van der Waals surface area contributed by atoms with Gasteiger partial charge in [0.15, 0.2) is 0 Å². The Morgan fingerprint density at radius 2 is 1.82 bits per heavy atom. The lowest BCUT2D eigenvalue weighted by Crippen LogP contribution is -2.41. The average Bonchev–Trinajstić information content (AvgIpc) is 2.67. The minimum atomic E-state index is -0.822. The number of halogens is 2. The molecule has 148 valence electrons. The fraction of sp³-hybridized carbons (Fsp3) is 0.250. The maximum absolute atomic E-state index is 11.7. The van der Waals surface area contributed by atoms with Crippen LogP contribution in [0.3, 0.4) is 0 Å². The maximum atomic E-state index is 11.7. The van der Waals surface area contributed by atoms with Crippen molar-refractivity contribution in [3.05, 3.63) is 63.6 Å². The zero-order chi connectivity index (χ0) is 20.5. The number of ether oxygens (including phenoxy) is 1. The van der Waals surface area contributed by atoms with Gasteiger partial charge in [-0.05, 0) is 43.2 Å². The minimum Gasteiger partial charge on any atom is -0.489 e. The molecule has 0 aliphatic carbocycles. The molecule has 2 rings (SSSR count). The molecule has 0 aromatic heterocycles. The normalized spacial score (nSPS) is 11.9. The van der Waals surface area contributed by atoms with Crippen LogP contribution in [0.15, 0.2) is 47.6 Å². The summed E-state index contributed by atoms with van der Waals surface area (Å²) in [6, 6.07) is 12.3. The molecule has 8 heteroatoms. The molecule has 0 saturated heterocycles. The second-order valence-electron chi connectivity index (χ2n) is 6.04. The van der Waals surface area contributed by atoms with Crippen molar-refractivity contribution in [3.63, 3.8) is 0 Å². The lowest BCUT2D eigenvalue weighted by atomic mass is 10.2. The van der Waals surface area contributed by atoms with E-state index in [1.54, 1.807) is 42.5 Å². The second-order valence-corrected chi connectivity index (χ2v) is 6.86. The van der Waals surface area contributed by atoms with Crippen LogP contribution in [-0.2, 0) is 16.2 Å². The lowest BCUT2D eigenvalue weighted by molar-refractivity contribution is -0.139. The number of amides is 2. The van der Waals surface area contributed by atoms with Crippen molar-refractivity contribution >= 4 is 41.2 Å². The summed E-state index contributed by atoms with van der Waals surface area (Å²) in [6.07, 6.45) is 2.15. The summed E-state index contributed by atoms with van der Waals surface area (Å²) in [5, 5.41) is 7.42. The maximum Gasteiger partial charge on any atom is 0.329 e. The standard InChI is InChI=1S/C20H21Cl2N3O3/c1-3-13(2)24-19(26)20(27)25-23-11-14-6-4-7-15(10-14)28-12-16-17(21)8-5-9-18(16)22/h4-11,13H,3,12H2,1-2H3,(H,24,26)(H,25,27)/b23-11-/t13-/m0/s1. The Hall–Kier alpha value is -2.57. The van der Waals surface area contributed by atoms with Gasteiger partial charge in [-0.1, -0.05) is 48.3 Å². The number of nitrogens with zero attached hydrogens (tertiary/aromatic N) is 1. The van der Waals surface area contributed by atoms with E-state index in [1.807, 2.05) is 13.8 Å². The van der Waals surface area contributed by atoms with Crippen molar-refractivity contribution in [2.24, 2.45) is 5.10 Å². The van der Waals surface area contributed by atoms with Crippen molar-refractivity contribution in [1.82, 2.24) is 10.7 Å². The van der Waals surface area contributed by atoms with Crippen LogP contribution in [0.4, 0.5) is 0 Å². The summed E-state index contributed by atoms with van der Waals surface area (Å²) >= 11 is 12.3. The molecule has 6 nitrogen and oxygen atoms in total. The first-order chi connectivity index (χ1) is 13.4. The number of hydrogen-bond acceptors (Lipinski definition) is 4. The Morgan fingerprint density at radius 3 is 2.50 bits per heavy atom. The highest BCUT2D eigenvalue weighted by Crippen LogP contribution is 2.26. The Labute approximate surface area is 173 Å². The zero-order valence-electron chi connectivity index (χ0n) is 15.5. The molecular weight excluding hydrogens is 401 g/mol. The average molecular weight is 422 g/mol. The lowest BCUT2D eigenvalue weighted by Gasteiger charge is -2.10. The fourth-order valence-electron chi connectivity index (χ4n) is 2.12. The van der Waals surface area contributed by atoms with Crippen molar-refractivity contribution < 1.29 is 14.3 Å². The molecule has 0 unspecified atom stereocenters. The van der Waals surface area contributed by atoms with Crippen LogP contribution in [0.2, 0.25) is 10.0 Å². The van der Waals surface area contributed by atoms with Gasteiger partial charge in [0.25, 0.3) is 0 Å². The van der Waals surface area contributed by atoms with E-state index >= 15 is 0 Å². The first-order valence-electron chi connectivity index (χ1n) is 8.70.